The van der Waals surface area contributed by atoms with E-state index in [4.69, 9.17) is 9.31 Å². The Morgan fingerprint density at radius 1 is 0.875 bits per heavy atom. The molecule has 0 amide bonds. The molecule has 0 spiro atoms. The van der Waals surface area contributed by atoms with Gasteiger partial charge in [-0.2, -0.15) is 13.2 Å². The van der Waals surface area contributed by atoms with E-state index in [2.05, 4.69) is 22.6 Å². The number of nitrogens with one attached hydrogen (secondary N) is 2. The van der Waals surface area contributed by atoms with Crippen LogP contribution in [-0.4, -0.2) is 31.5 Å². The summed E-state index contributed by atoms with van der Waals surface area (Å²) >= 11 is 0. The van der Waals surface area contributed by atoms with E-state index in [0.29, 0.717) is 12.8 Å². The Balaban J connectivity index is 1.53. The fourth-order valence-corrected chi connectivity index (χ4v) is 5.44. The summed E-state index contributed by atoms with van der Waals surface area (Å²) in [6.45, 7) is 7.63. The second-order valence-electron chi connectivity index (χ2n) is 10.6. The van der Waals surface area contributed by atoms with Crippen molar-refractivity contribution in [1.29, 1.82) is 0 Å². The highest BCUT2D eigenvalue weighted by Gasteiger charge is 2.65. The van der Waals surface area contributed by atoms with E-state index >= 15 is 0 Å². The van der Waals surface area contributed by atoms with Crippen molar-refractivity contribution in [1.82, 2.24) is 0 Å². The van der Waals surface area contributed by atoms with Crippen LogP contribution in [0.3, 0.4) is 0 Å². The standard InChI is InChI=1S/C23H29B2F3N2O2/c1-20(2)21(3,4)32-25(31-20)22(13-11-16(12-14-22)23(26,27)28)24-29-17-9-5-7-15-8-6-10-18(30-24)19(15)17/h5-10,16,29-30H,11-14H2,1-4H3. The monoisotopic (exact) mass is 444 g/mol. The van der Waals surface area contributed by atoms with Gasteiger partial charge in [-0.25, -0.2) is 0 Å². The van der Waals surface area contributed by atoms with Crippen molar-refractivity contribution in [3.63, 3.8) is 0 Å². The fourth-order valence-electron chi connectivity index (χ4n) is 5.44. The van der Waals surface area contributed by atoms with Crippen LogP contribution in [0.15, 0.2) is 36.4 Å². The third-order valence-electron chi connectivity index (χ3n) is 8.18. The van der Waals surface area contributed by atoms with Crippen LogP contribution in [0.2, 0.25) is 5.21 Å². The molecule has 2 heterocycles. The minimum atomic E-state index is -4.17. The van der Waals surface area contributed by atoms with Gasteiger partial charge in [0.05, 0.1) is 17.1 Å². The minimum absolute atomic E-state index is 0.0687. The molecule has 1 saturated carbocycles. The summed E-state index contributed by atoms with van der Waals surface area (Å²) in [5.41, 5.74) is 0.849. The predicted molar refractivity (Wildman–Crippen MR) is 124 cm³/mol. The van der Waals surface area contributed by atoms with E-state index in [1.165, 1.54) is 0 Å². The van der Waals surface area contributed by atoms with Gasteiger partial charge in [-0.15, -0.1) is 0 Å². The summed E-state index contributed by atoms with van der Waals surface area (Å²) in [7, 11) is -0.615. The Bertz CT molecular complexity index is 979. The van der Waals surface area contributed by atoms with Gasteiger partial charge in [0.1, 0.15) is 0 Å². The summed E-state index contributed by atoms with van der Waals surface area (Å²) in [6, 6.07) is 12.2. The SMILES string of the molecule is CC1(C)OB(C2(B3Nc4cccc5cccc(c45)N3)CCC(C(F)(F)F)CC2)OC1(C)C. The molecule has 5 rings (SSSR count). The van der Waals surface area contributed by atoms with Crippen molar-refractivity contribution >= 4 is 36.2 Å². The topological polar surface area (TPSA) is 42.5 Å². The highest BCUT2D eigenvalue weighted by Crippen LogP contribution is 2.57. The maximum Gasteiger partial charge on any atom is 0.460 e. The molecular weight excluding hydrogens is 415 g/mol. The Labute approximate surface area is 187 Å². The first-order valence-electron chi connectivity index (χ1n) is 11.4. The van der Waals surface area contributed by atoms with Gasteiger partial charge in [0.25, 0.3) is 0 Å². The summed E-state index contributed by atoms with van der Waals surface area (Å²) in [4.78, 5) is 0. The maximum absolute atomic E-state index is 13.5. The van der Waals surface area contributed by atoms with E-state index in [0.717, 1.165) is 22.1 Å². The number of halogens is 3. The lowest BCUT2D eigenvalue weighted by molar-refractivity contribution is -0.182. The minimum Gasteiger partial charge on any atom is -0.409 e. The molecule has 2 aromatic rings. The number of hydrogen-bond acceptors (Lipinski definition) is 4. The average Bonchev–Trinajstić information content (AvgIpc) is 2.95. The molecule has 32 heavy (non-hydrogen) atoms. The molecule has 1 aliphatic carbocycles. The summed E-state index contributed by atoms with van der Waals surface area (Å²) in [5.74, 6) is -1.28. The largest absolute Gasteiger partial charge is 0.460 e. The smallest absolute Gasteiger partial charge is 0.409 e. The lowest BCUT2D eigenvalue weighted by Crippen LogP contribution is -2.58. The molecule has 170 valence electrons. The van der Waals surface area contributed by atoms with Gasteiger partial charge in [0.15, 0.2) is 0 Å². The predicted octanol–water partition coefficient (Wildman–Crippen LogP) is 6.29. The number of alkyl halides is 3. The molecule has 0 unspecified atom stereocenters. The molecule has 0 bridgehead atoms. The molecule has 4 nitrogen and oxygen atoms in total. The van der Waals surface area contributed by atoms with E-state index in [1.54, 1.807) is 0 Å². The molecule has 0 atom stereocenters. The van der Waals surface area contributed by atoms with Crippen LogP contribution in [0.5, 0.6) is 0 Å². The lowest BCUT2D eigenvalue weighted by atomic mass is 9.30. The van der Waals surface area contributed by atoms with E-state index in [9.17, 15) is 13.2 Å². The van der Waals surface area contributed by atoms with Crippen molar-refractivity contribution in [3.8, 4) is 0 Å². The van der Waals surface area contributed by atoms with Crippen LogP contribution >= 0.6 is 0 Å². The molecule has 1 saturated heterocycles. The van der Waals surface area contributed by atoms with Crippen molar-refractivity contribution in [2.75, 3.05) is 10.5 Å². The van der Waals surface area contributed by atoms with Gasteiger partial charge >= 0.3 is 20.3 Å². The molecule has 2 aliphatic heterocycles. The van der Waals surface area contributed by atoms with Crippen LogP contribution < -0.4 is 10.5 Å². The Morgan fingerprint density at radius 3 is 1.84 bits per heavy atom. The Hall–Kier alpha value is -1.86. The first-order valence-corrected chi connectivity index (χ1v) is 11.4. The van der Waals surface area contributed by atoms with Crippen LogP contribution in [0.25, 0.3) is 10.8 Å². The number of benzene rings is 2. The van der Waals surface area contributed by atoms with Crippen LogP contribution in [0, 0.1) is 5.92 Å². The number of anilines is 2. The van der Waals surface area contributed by atoms with E-state index < -0.39 is 35.6 Å². The molecular formula is C23H29B2F3N2O2. The number of rotatable bonds is 2. The van der Waals surface area contributed by atoms with Gasteiger partial charge < -0.3 is 19.8 Å². The summed E-state index contributed by atoms with van der Waals surface area (Å²) < 4.78 is 53.5. The quantitative estimate of drug-likeness (QED) is 0.535. The summed E-state index contributed by atoms with van der Waals surface area (Å²) in [5, 5.41) is 8.77. The normalized spacial score (nSPS) is 29.0. The summed E-state index contributed by atoms with van der Waals surface area (Å²) in [6.07, 6.45) is -3.32. The van der Waals surface area contributed by atoms with Crippen LogP contribution in [0.4, 0.5) is 24.5 Å². The fraction of sp³-hybridized carbons (Fsp3) is 0.565. The zero-order valence-corrected chi connectivity index (χ0v) is 19.0. The van der Waals surface area contributed by atoms with Gasteiger partial charge in [0.2, 0.25) is 0 Å². The zero-order valence-electron chi connectivity index (χ0n) is 19.0. The zero-order chi connectivity index (χ0) is 22.9. The number of hydrogen-bond donors (Lipinski definition) is 2. The Morgan fingerprint density at radius 2 is 1.38 bits per heavy atom. The van der Waals surface area contributed by atoms with Crippen LogP contribution in [-0.2, 0) is 9.31 Å². The molecule has 2 aromatic carbocycles. The molecule has 0 aromatic heterocycles. The van der Waals surface area contributed by atoms with Crippen LogP contribution in [0.1, 0.15) is 53.4 Å². The van der Waals surface area contributed by atoms with Gasteiger partial charge in [0, 0.05) is 22.0 Å². The molecule has 2 N–H and O–H groups in total. The van der Waals surface area contributed by atoms with Gasteiger partial charge in [-0.05, 0) is 58.1 Å². The second-order valence-corrected chi connectivity index (χ2v) is 10.6. The van der Waals surface area contributed by atoms with Crippen molar-refractivity contribution in [2.45, 2.75) is 76.0 Å². The average molecular weight is 444 g/mol. The van der Waals surface area contributed by atoms with E-state index in [1.807, 2.05) is 52.0 Å². The van der Waals surface area contributed by atoms with Gasteiger partial charge in [-0.3, -0.25) is 0 Å². The van der Waals surface area contributed by atoms with Crippen molar-refractivity contribution < 1.29 is 22.5 Å². The second kappa shape index (κ2) is 7.07. The maximum atomic E-state index is 13.5. The lowest BCUT2D eigenvalue weighted by Gasteiger charge is -2.46. The van der Waals surface area contributed by atoms with Crippen molar-refractivity contribution in [2.24, 2.45) is 5.92 Å². The molecule has 9 heteroatoms. The Kier molecular flexibility index (Phi) is 4.85. The highest BCUT2D eigenvalue weighted by molar-refractivity contribution is 6.82. The van der Waals surface area contributed by atoms with Gasteiger partial charge in [-0.1, -0.05) is 37.1 Å². The molecule has 3 aliphatic rings. The van der Waals surface area contributed by atoms with E-state index in [-0.39, 0.29) is 19.8 Å². The third-order valence-corrected chi connectivity index (χ3v) is 8.18. The third kappa shape index (κ3) is 3.31. The first kappa shape index (κ1) is 22.0. The highest BCUT2D eigenvalue weighted by atomic mass is 19.4. The molecule has 2 fully saturated rings. The molecule has 0 radical (unpaired) electrons. The first-order chi connectivity index (χ1) is 14.9. The van der Waals surface area contributed by atoms with Crippen molar-refractivity contribution in [3.05, 3.63) is 36.4 Å².